The molecule has 2 aromatic rings. The van der Waals surface area contributed by atoms with Gasteiger partial charge in [-0.3, -0.25) is 0 Å². The first kappa shape index (κ1) is 7.06. The molecule has 4 heteroatoms. The van der Waals surface area contributed by atoms with Crippen LogP contribution in [0.5, 0.6) is 0 Å². The molecule has 0 aliphatic rings. The smallest absolute Gasteiger partial charge is 0.237 e. The number of oxazole rings is 1. The molecule has 0 fully saturated rings. The fourth-order valence-electron chi connectivity index (χ4n) is 0.782. The molecule has 0 atom stereocenters. The van der Waals surface area contributed by atoms with Crippen LogP contribution in [-0.2, 0) is 0 Å². The summed E-state index contributed by atoms with van der Waals surface area (Å²) in [6, 6.07) is 1.98. The van der Waals surface area contributed by atoms with Gasteiger partial charge in [0.2, 0.25) is 5.89 Å². The van der Waals surface area contributed by atoms with Gasteiger partial charge in [0.1, 0.15) is 11.1 Å². The summed E-state index contributed by atoms with van der Waals surface area (Å²) in [5.74, 6) is 0.673. The second-order valence-electron chi connectivity index (χ2n) is 1.93. The number of nitrogens with zero attached hydrogens (tertiary/aromatic N) is 1. The van der Waals surface area contributed by atoms with E-state index in [0.717, 1.165) is 9.35 Å². The highest BCUT2D eigenvalue weighted by Gasteiger charge is 2.07. The highest BCUT2D eigenvalue weighted by molar-refractivity contribution is 9.10. The summed E-state index contributed by atoms with van der Waals surface area (Å²) in [4.78, 5) is 5.07. The van der Waals surface area contributed by atoms with Crippen LogP contribution in [0.1, 0.15) is 0 Å². The van der Waals surface area contributed by atoms with E-state index < -0.39 is 0 Å². The van der Waals surface area contributed by atoms with E-state index in [4.69, 9.17) is 4.42 Å². The number of hydrogen-bond donors (Lipinski definition) is 0. The van der Waals surface area contributed by atoms with E-state index in [0.29, 0.717) is 5.89 Å². The van der Waals surface area contributed by atoms with Crippen molar-refractivity contribution in [2.75, 3.05) is 0 Å². The van der Waals surface area contributed by atoms with Gasteiger partial charge in [0.15, 0.2) is 0 Å². The topological polar surface area (TPSA) is 26.0 Å². The monoisotopic (exact) mass is 229 g/mol. The van der Waals surface area contributed by atoms with E-state index in [1.165, 1.54) is 0 Å². The lowest BCUT2D eigenvalue weighted by atomic mass is 10.5. The number of aromatic nitrogens is 1. The second kappa shape index (κ2) is 2.79. The largest absolute Gasteiger partial charge is 0.444 e. The summed E-state index contributed by atoms with van der Waals surface area (Å²) < 4.78 is 6.16. The van der Waals surface area contributed by atoms with Crippen LogP contribution in [-0.4, -0.2) is 4.98 Å². The number of halogens is 1. The van der Waals surface area contributed by atoms with Crippen molar-refractivity contribution >= 4 is 27.3 Å². The van der Waals surface area contributed by atoms with Gasteiger partial charge in [-0.2, -0.15) is 0 Å². The van der Waals surface area contributed by atoms with Gasteiger partial charge in [-0.15, -0.1) is 11.3 Å². The molecule has 0 amide bonds. The van der Waals surface area contributed by atoms with Crippen molar-refractivity contribution in [1.82, 2.24) is 4.98 Å². The van der Waals surface area contributed by atoms with Crippen molar-refractivity contribution < 1.29 is 4.42 Å². The molecule has 0 saturated heterocycles. The Labute approximate surface area is 76.0 Å². The first-order valence-electron chi connectivity index (χ1n) is 3.01. The summed E-state index contributed by atoms with van der Waals surface area (Å²) in [5, 5.41) is 1.99. The minimum absolute atomic E-state index is 0.673. The number of rotatable bonds is 1. The molecular formula is C7H4BrNOS. The second-order valence-corrected chi connectivity index (χ2v) is 3.71. The number of hydrogen-bond acceptors (Lipinski definition) is 3. The zero-order valence-electron chi connectivity index (χ0n) is 5.45. The highest BCUT2D eigenvalue weighted by atomic mass is 79.9. The predicted molar refractivity (Wildman–Crippen MR) is 47.5 cm³/mol. The Morgan fingerprint density at radius 3 is 3.00 bits per heavy atom. The number of thiophene rings is 1. The maximum Gasteiger partial charge on any atom is 0.237 e. The van der Waals surface area contributed by atoms with Crippen LogP contribution in [0.15, 0.2) is 32.8 Å². The van der Waals surface area contributed by atoms with E-state index in [1.807, 2.05) is 11.4 Å². The van der Waals surface area contributed by atoms with Crippen molar-refractivity contribution in [3.05, 3.63) is 28.4 Å². The predicted octanol–water partition coefficient (Wildman–Crippen LogP) is 3.17. The van der Waals surface area contributed by atoms with Crippen molar-refractivity contribution in [3.8, 4) is 10.8 Å². The maximum atomic E-state index is 5.13. The molecular weight excluding hydrogens is 226 g/mol. The maximum absolute atomic E-state index is 5.13. The van der Waals surface area contributed by atoms with Gasteiger partial charge >= 0.3 is 0 Å². The minimum atomic E-state index is 0.673. The third-order valence-electron chi connectivity index (χ3n) is 1.24. The summed E-state index contributed by atoms with van der Waals surface area (Å²) in [6.45, 7) is 0. The Kier molecular flexibility index (Phi) is 1.79. The van der Waals surface area contributed by atoms with Gasteiger partial charge in [-0.05, 0) is 27.4 Å². The van der Waals surface area contributed by atoms with Crippen LogP contribution >= 0.6 is 27.3 Å². The van der Waals surface area contributed by atoms with Gasteiger partial charge in [0.25, 0.3) is 0 Å². The molecule has 0 aliphatic carbocycles. The minimum Gasteiger partial charge on any atom is -0.444 e. The Morgan fingerprint density at radius 2 is 2.45 bits per heavy atom. The third kappa shape index (κ3) is 1.23. The fourth-order valence-corrected chi connectivity index (χ4v) is 2.26. The summed E-state index contributed by atoms with van der Waals surface area (Å²) in [6.07, 6.45) is 3.21. The summed E-state index contributed by atoms with van der Waals surface area (Å²) in [5.41, 5.74) is 0. The molecule has 0 N–H and O–H groups in total. The van der Waals surface area contributed by atoms with Gasteiger partial charge in [0.05, 0.1) is 6.20 Å². The molecule has 11 heavy (non-hydrogen) atoms. The van der Waals surface area contributed by atoms with Crippen molar-refractivity contribution in [2.45, 2.75) is 0 Å². The van der Waals surface area contributed by atoms with E-state index in [-0.39, 0.29) is 0 Å². The molecule has 0 radical (unpaired) electrons. The average molecular weight is 230 g/mol. The molecule has 2 rings (SSSR count). The van der Waals surface area contributed by atoms with Gasteiger partial charge < -0.3 is 4.42 Å². The van der Waals surface area contributed by atoms with E-state index >= 15 is 0 Å². The molecule has 56 valence electrons. The molecule has 0 bridgehead atoms. The molecule has 0 saturated carbocycles. The van der Waals surface area contributed by atoms with E-state index in [1.54, 1.807) is 23.8 Å². The lowest BCUT2D eigenvalue weighted by molar-refractivity contribution is 0.576. The molecule has 0 aliphatic heterocycles. The van der Waals surface area contributed by atoms with Crippen molar-refractivity contribution in [1.29, 1.82) is 0 Å². The molecule has 0 aromatic carbocycles. The molecule has 2 aromatic heterocycles. The first-order chi connectivity index (χ1) is 5.38. The van der Waals surface area contributed by atoms with Crippen LogP contribution < -0.4 is 0 Å². The molecule has 2 nitrogen and oxygen atoms in total. The Balaban J connectivity index is 2.53. The summed E-state index contributed by atoms with van der Waals surface area (Å²) >= 11 is 5.00. The Morgan fingerprint density at radius 1 is 1.55 bits per heavy atom. The molecule has 0 unspecified atom stereocenters. The van der Waals surface area contributed by atoms with Gasteiger partial charge in [0, 0.05) is 4.47 Å². The lowest BCUT2D eigenvalue weighted by Crippen LogP contribution is -1.69. The van der Waals surface area contributed by atoms with E-state index in [2.05, 4.69) is 20.9 Å². The normalized spacial score (nSPS) is 10.3. The zero-order chi connectivity index (χ0) is 7.68. The Bertz CT molecular complexity index is 341. The fraction of sp³-hybridized carbons (Fsp3) is 0. The zero-order valence-corrected chi connectivity index (χ0v) is 7.85. The van der Waals surface area contributed by atoms with E-state index in [9.17, 15) is 0 Å². The summed E-state index contributed by atoms with van der Waals surface area (Å²) in [7, 11) is 0. The Hall–Kier alpha value is -0.610. The SMILES string of the molecule is Brc1ccsc1-c1ncco1. The van der Waals surface area contributed by atoms with Gasteiger partial charge in [-0.1, -0.05) is 0 Å². The first-order valence-corrected chi connectivity index (χ1v) is 4.68. The van der Waals surface area contributed by atoms with Crippen LogP contribution in [0.25, 0.3) is 10.8 Å². The molecule has 0 spiro atoms. The van der Waals surface area contributed by atoms with Crippen molar-refractivity contribution in [3.63, 3.8) is 0 Å². The molecule has 2 heterocycles. The lowest BCUT2D eigenvalue weighted by Gasteiger charge is -1.87. The van der Waals surface area contributed by atoms with Crippen LogP contribution in [0.4, 0.5) is 0 Å². The third-order valence-corrected chi connectivity index (χ3v) is 3.07. The van der Waals surface area contributed by atoms with Crippen LogP contribution in [0.3, 0.4) is 0 Å². The standard InChI is InChI=1S/C7H4BrNOS/c8-5-1-4-11-6(5)7-9-2-3-10-7/h1-4H. The quantitative estimate of drug-likeness (QED) is 0.751. The highest BCUT2D eigenvalue weighted by Crippen LogP contribution is 2.31. The van der Waals surface area contributed by atoms with Crippen LogP contribution in [0, 0.1) is 0 Å². The average Bonchev–Trinajstić information content (AvgIpc) is 2.55. The van der Waals surface area contributed by atoms with Crippen LogP contribution in [0.2, 0.25) is 0 Å². The van der Waals surface area contributed by atoms with Crippen molar-refractivity contribution in [2.24, 2.45) is 0 Å². The van der Waals surface area contributed by atoms with Gasteiger partial charge in [-0.25, -0.2) is 4.98 Å².